The Balaban J connectivity index is 1.46. The monoisotopic (exact) mass is 360 g/mol. The number of hydrogen-bond acceptors (Lipinski definition) is 4. The molecule has 0 radical (unpaired) electrons. The summed E-state index contributed by atoms with van der Waals surface area (Å²) in [4.78, 5) is 27.4. The second-order valence-electron chi connectivity index (χ2n) is 6.74. The first-order valence-electron chi connectivity index (χ1n) is 9.06. The highest BCUT2D eigenvalue weighted by atomic mass is 16.2. The number of hydrogen-bond donors (Lipinski definition) is 0. The maximum atomic E-state index is 12.9. The lowest BCUT2D eigenvalue weighted by Gasteiger charge is -2.32. The quantitative estimate of drug-likeness (QED) is 0.671. The molecule has 0 N–H and O–H groups in total. The lowest BCUT2D eigenvalue weighted by atomic mass is 9.89. The molecule has 136 valence electrons. The van der Waals surface area contributed by atoms with E-state index in [2.05, 4.69) is 10.2 Å². The van der Waals surface area contributed by atoms with Gasteiger partial charge in [-0.05, 0) is 37.1 Å². The van der Waals surface area contributed by atoms with Crippen molar-refractivity contribution >= 4 is 11.7 Å². The van der Waals surface area contributed by atoms with E-state index in [1.807, 2.05) is 42.5 Å². The first kappa shape index (κ1) is 17.1. The summed E-state index contributed by atoms with van der Waals surface area (Å²) >= 11 is 0. The van der Waals surface area contributed by atoms with Crippen LogP contribution >= 0.6 is 0 Å². The molecule has 3 aromatic rings. The normalized spacial score (nSPS) is 16.9. The van der Waals surface area contributed by atoms with Crippen molar-refractivity contribution < 1.29 is 9.59 Å². The molecule has 2 heterocycles. The highest BCUT2D eigenvalue weighted by molar-refractivity contribution is 5.99. The van der Waals surface area contributed by atoms with Crippen LogP contribution in [0.5, 0.6) is 0 Å². The second kappa shape index (κ2) is 7.53. The van der Waals surface area contributed by atoms with E-state index in [4.69, 9.17) is 0 Å². The summed E-state index contributed by atoms with van der Waals surface area (Å²) in [6.45, 7) is 1.16. The van der Waals surface area contributed by atoms with Crippen molar-refractivity contribution in [1.29, 1.82) is 0 Å². The summed E-state index contributed by atoms with van der Waals surface area (Å²) in [6.07, 6.45) is 4.89. The van der Waals surface area contributed by atoms with Crippen LogP contribution in [0.3, 0.4) is 0 Å². The van der Waals surface area contributed by atoms with Gasteiger partial charge in [-0.2, -0.15) is 0 Å². The molecule has 0 bridgehead atoms. The molecule has 27 heavy (non-hydrogen) atoms. The Kier molecular flexibility index (Phi) is 4.78. The molecular weight excluding hydrogens is 340 g/mol. The van der Waals surface area contributed by atoms with Crippen LogP contribution in [-0.2, 0) is 0 Å². The topological polar surface area (TPSA) is 68.1 Å². The van der Waals surface area contributed by atoms with Gasteiger partial charge in [-0.3, -0.25) is 14.2 Å². The van der Waals surface area contributed by atoms with Crippen molar-refractivity contribution in [2.45, 2.75) is 12.8 Å². The zero-order chi connectivity index (χ0) is 18.6. The second-order valence-corrected chi connectivity index (χ2v) is 6.74. The fourth-order valence-corrected chi connectivity index (χ4v) is 3.51. The summed E-state index contributed by atoms with van der Waals surface area (Å²) in [5.74, 6) is -0.0479. The summed E-state index contributed by atoms with van der Waals surface area (Å²) in [5, 5.41) is 7.57. The molecule has 6 heteroatoms. The van der Waals surface area contributed by atoms with Crippen LogP contribution in [0, 0.1) is 5.92 Å². The van der Waals surface area contributed by atoms with Gasteiger partial charge in [-0.1, -0.05) is 30.3 Å². The number of carbonyl (C=O) groups is 2. The third-order valence-electron chi connectivity index (χ3n) is 4.97. The van der Waals surface area contributed by atoms with E-state index in [1.54, 1.807) is 34.3 Å². The first-order valence-corrected chi connectivity index (χ1v) is 9.06. The molecule has 1 fully saturated rings. The van der Waals surface area contributed by atoms with Crippen LogP contribution in [0.1, 0.15) is 33.6 Å². The molecule has 0 spiro atoms. The Hall–Kier alpha value is -3.28. The number of amides is 1. The average Bonchev–Trinajstić information content (AvgIpc) is 3.28. The number of rotatable bonds is 4. The van der Waals surface area contributed by atoms with Gasteiger partial charge in [0.15, 0.2) is 5.78 Å². The van der Waals surface area contributed by atoms with Gasteiger partial charge in [0.2, 0.25) is 0 Å². The minimum Gasteiger partial charge on any atom is -0.338 e. The number of carbonyl (C=O) groups excluding carboxylic acids is 2. The molecule has 2 aromatic carbocycles. The minimum atomic E-state index is -0.138. The van der Waals surface area contributed by atoms with Crippen LogP contribution in [0.4, 0.5) is 0 Å². The predicted molar refractivity (Wildman–Crippen MR) is 101 cm³/mol. The molecule has 1 aliphatic rings. The zero-order valence-corrected chi connectivity index (χ0v) is 14.9. The number of piperidine rings is 1. The Bertz CT molecular complexity index is 921. The van der Waals surface area contributed by atoms with E-state index in [0.29, 0.717) is 18.7 Å². The molecule has 4 rings (SSSR count). The lowest BCUT2D eigenvalue weighted by molar-refractivity contribution is 0.0637. The molecule has 0 unspecified atom stereocenters. The smallest absolute Gasteiger partial charge is 0.253 e. The summed E-state index contributed by atoms with van der Waals surface area (Å²) < 4.78 is 1.78. The third-order valence-corrected chi connectivity index (χ3v) is 4.97. The molecule has 0 saturated carbocycles. The molecule has 1 aromatic heterocycles. The highest BCUT2D eigenvalue weighted by Gasteiger charge is 2.29. The van der Waals surface area contributed by atoms with Gasteiger partial charge < -0.3 is 4.90 Å². The first-order chi connectivity index (χ1) is 13.2. The van der Waals surface area contributed by atoms with Crippen molar-refractivity contribution in [3.8, 4) is 5.69 Å². The molecule has 1 aliphatic heterocycles. The molecule has 1 amide bonds. The van der Waals surface area contributed by atoms with Crippen molar-refractivity contribution in [2.24, 2.45) is 5.92 Å². The van der Waals surface area contributed by atoms with Gasteiger partial charge in [-0.25, -0.2) is 0 Å². The summed E-state index contributed by atoms with van der Waals surface area (Å²) in [5.41, 5.74) is 2.24. The maximum Gasteiger partial charge on any atom is 0.253 e. The Labute approximate surface area is 157 Å². The van der Waals surface area contributed by atoms with Crippen LogP contribution < -0.4 is 0 Å². The van der Waals surface area contributed by atoms with Crippen LogP contribution in [-0.4, -0.2) is 44.4 Å². The Morgan fingerprint density at radius 2 is 1.59 bits per heavy atom. The lowest BCUT2D eigenvalue weighted by Crippen LogP contribution is -2.42. The number of ketones is 1. The van der Waals surface area contributed by atoms with Gasteiger partial charge in [-0.15, -0.1) is 10.2 Å². The molecule has 6 nitrogen and oxygen atoms in total. The molecule has 1 atom stereocenters. The predicted octanol–water partition coefficient (Wildman–Crippen LogP) is 3.00. The third kappa shape index (κ3) is 3.65. The number of benzene rings is 2. The average molecular weight is 360 g/mol. The molecule has 0 aliphatic carbocycles. The minimum absolute atomic E-state index is 0.0316. The van der Waals surface area contributed by atoms with Crippen molar-refractivity contribution in [3.63, 3.8) is 0 Å². The van der Waals surface area contributed by atoms with Crippen LogP contribution in [0.15, 0.2) is 67.3 Å². The number of likely N-dealkylation sites (tertiary alicyclic amines) is 1. The maximum absolute atomic E-state index is 12.9. The van der Waals surface area contributed by atoms with Gasteiger partial charge in [0.1, 0.15) is 12.7 Å². The molecular formula is C21H20N4O2. The van der Waals surface area contributed by atoms with Gasteiger partial charge in [0.25, 0.3) is 5.91 Å². The molecule has 1 saturated heterocycles. The van der Waals surface area contributed by atoms with Gasteiger partial charge >= 0.3 is 0 Å². The van der Waals surface area contributed by atoms with Gasteiger partial charge in [0.05, 0.1) is 0 Å². The SMILES string of the molecule is O=C(c1ccccc1)[C@@H]1CCCN(C(=O)c2ccc(-n3cnnc3)cc2)C1. The van der Waals surface area contributed by atoms with E-state index in [0.717, 1.165) is 24.1 Å². The van der Waals surface area contributed by atoms with Crippen molar-refractivity contribution in [3.05, 3.63) is 78.4 Å². The van der Waals surface area contributed by atoms with E-state index >= 15 is 0 Å². The number of Topliss-reactive ketones (excluding diaryl/α,β-unsaturated/α-hetero) is 1. The summed E-state index contributed by atoms with van der Waals surface area (Å²) in [6, 6.07) is 16.7. The summed E-state index contributed by atoms with van der Waals surface area (Å²) in [7, 11) is 0. The fourth-order valence-electron chi connectivity index (χ4n) is 3.51. The Morgan fingerprint density at radius 1 is 0.889 bits per heavy atom. The number of aromatic nitrogens is 3. The fraction of sp³-hybridized carbons (Fsp3) is 0.238. The van der Waals surface area contributed by atoms with E-state index in [9.17, 15) is 9.59 Å². The van der Waals surface area contributed by atoms with Crippen molar-refractivity contribution in [1.82, 2.24) is 19.7 Å². The standard InChI is InChI=1S/C21H20N4O2/c26-20(16-5-2-1-3-6-16)18-7-4-12-24(13-18)21(27)17-8-10-19(11-9-17)25-14-22-23-15-25/h1-3,5-6,8-11,14-15,18H,4,7,12-13H2/t18-/m1/s1. The van der Waals surface area contributed by atoms with E-state index in [-0.39, 0.29) is 17.6 Å². The zero-order valence-electron chi connectivity index (χ0n) is 14.9. The number of nitrogens with zero attached hydrogens (tertiary/aromatic N) is 4. The van der Waals surface area contributed by atoms with E-state index < -0.39 is 0 Å². The Morgan fingerprint density at radius 3 is 2.30 bits per heavy atom. The van der Waals surface area contributed by atoms with E-state index in [1.165, 1.54) is 0 Å². The van der Waals surface area contributed by atoms with Crippen molar-refractivity contribution in [2.75, 3.05) is 13.1 Å². The largest absolute Gasteiger partial charge is 0.338 e. The van der Waals surface area contributed by atoms with Crippen LogP contribution in [0.2, 0.25) is 0 Å². The van der Waals surface area contributed by atoms with Crippen LogP contribution in [0.25, 0.3) is 5.69 Å². The highest BCUT2D eigenvalue weighted by Crippen LogP contribution is 2.22. The van der Waals surface area contributed by atoms with Gasteiger partial charge in [0, 0.05) is 35.8 Å².